The minimum Gasteiger partial charge on any atom is -0.320 e. The highest BCUT2D eigenvalue weighted by atomic mass is 35.5. The van der Waals surface area contributed by atoms with E-state index in [1.54, 1.807) is 18.2 Å². The highest BCUT2D eigenvalue weighted by molar-refractivity contribution is 6.31. The first-order valence-corrected chi connectivity index (χ1v) is 7.55. The van der Waals surface area contributed by atoms with E-state index in [4.69, 9.17) is 11.6 Å². The van der Waals surface area contributed by atoms with Gasteiger partial charge in [-0.25, -0.2) is 9.67 Å². The number of rotatable bonds is 4. The summed E-state index contributed by atoms with van der Waals surface area (Å²) in [4.78, 5) is 27.0. The number of nitrogens with one attached hydrogen (secondary N) is 1. The maximum absolute atomic E-state index is 12.6. The molecule has 0 bridgehead atoms. The lowest BCUT2D eigenvalue weighted by molar-refractivity contribution is -0.385. The molecule has 3 rings (SSSR count). The van der Waals surface area contributed by atoms with Crippen LogP contribution in [0.25, 0.3) is 5.69 Å². The number of benzene rings is 2. The number of nitro groups is 1. The van der Waals surface area contributed by atoms with Gasteiger partial charge >= 0.3 is 0 Å². The molecule has 0 atom stereocenters. The van der Waals surface area contributed by atoms with E-state index in [0.717, 1.165) is 0 Å². The molecule has 25 heavy (non-hydrogen) atoms. The minimum absolute atomic E-state index is 0.116. The normalized spacial score (nSPS) is 10.5. The fourth-order valence-corrected chi connectivity index (χ4v) is 2.57. The van der Waals surface area contributed by atoms with Crippen LogP contribution in [0.5, 0.6) is 0 Å². The van der Waals surface area contributed by atoms with Crippen LogP contribution < -0.4 is 5.32 Å². The van der Waals surface area contributed by atoms with Gasteiger partial charge in [0.2, 0.25) is 0 Å². The van der Waals surface area contributed by atoms with Gasteiger partial charge in [-0.05, 0) is 31.2 Å². The van der Waals surface area contributed by atoms with Crippen LogP contribution in [0.15, 0.2) is 49.1 Å². The van der Waals surface area contributed by atoms with E-state index in [9.17, 15) is 14.9 Å². The Kier molecular flexibility index (Phi) is 4.44. The Labute approximate surface area is 147 Å². The Morgan fingerprint density at radius 2 is 2.12 bits per heavy atom. The summed E-state index contributed by atoms with van der Waals surface area (Å²) in [5, 5.41) is 18.2. The molecule has 0 aliphatic carbocycles. The van der Waals surface area contributed by atoms with Crippen LogP contribution >= 0.6 is 11.6 Å². The van der Waals surface area contributed by atoms with Crippen LogP contribution in [0.3, 0.4) is 0 Å². The highest BCUT2D eigenvalue weighted by Crippen LogP contribution is 2.26. The molecular formula is C16H12ClN5O3. The van der Waals surface area contributed by atoms with Crippen molar-refractivity contribution in [2.75, 3.05) is 5.32 Å². The molecule has 1 heterocycles. The first kappa shape index (κ1) is 16.6. The summed E-state index contributed by atoms with van der Waals surface area (Å²) in [6.45, 7) is 1.53. The average molecular weight is 358 g/mol. The summed E-state index contributed by atoms with van der Waals surface area (Å²) < 4.78 is 1.48. The van der Waals surface area contributed by atoms with Gasteiger partial charge in [0.25, 0.3) is 11.6 Å². The number of amides is 1. The third kappa shape index (κ3) is 3.33. The number of hydrogen-bond donors (Lipinski definition) is 1. The largest absolute Gasteiger partial charge is 0.320 e. The van der Waals surface area contributed by atoms with Crippen molar-refractivity contribution in [2.45, 2.75) is 6.92 Å². The lowest BCUT2D eigenvalue weighted by Crippen LogP contribution is -2.16. The van der Waals surface area contributed by atoms with Crippen LogP contribution in [0, 0.1) is 17.0 Å². The first-order valence-electron chi connectivity index (χ1n) is 7.17. The maximum atomic E-state index is 12.6. The van der Waals surface area contributed by atoms with Crippen molar-refractivity contribution < 1.29 is 9.72 Å². The molecule has 3 aromatic rings. The molecule has 0 radical (unpaired) electrons. The van der Waals surface area contributed by atoms with Gasteiger partial charge in [-0.3, -0.25) is 14.9 Å². The van der Waals surface area contributed by atoms with Gasteiger partial charge in [0, 0.05) is 22.2 Å². The lowest BCUT2D eigenvalue weighted by atomic mass is 10.1. The van der Waals surface area contributed by atoms with Crippen molar-refractivity contribution in [2.24, 2.45) is 0 Å². The van der Waals surface area contributed by atoms with Gasteiger partial charge in [-0.1, -0.05) is 17.7 Å². The van der Waals surface area contributed by atoms with E-state index in [1.165, 1.54) is 42.5 Å². The number of aromatic nitrogens is 3. The quantitative estimate of drug-likeness (QED) is 0.569. The SMILES string of the molecule is Cc1c(C(=O)Nc2cc(Cl)ccc2-n2cncn2)cccc1[N+](=O)[O-]. The Morgan fingerprint density at radius 3 is 2.80 bits per heavy atom. The minimum atomic E-state index is -0.521. The standard InChI is InChI=1S/C16H12ClN5O3/c1-10-12(3-2-4-14(10)22(24)25)16(23)20-13-7-11(17)5-6-15(13)21-9-18-8-19-21/h2-9H,1H3,(H,20,23). The van der Waals surface area contributed by atoms with E-state index in [1.807, 2.05) is 0 Å². The Morgan fingerprint density at radius 1 is 1.32 bits per heavy atom. The molecule has 0 saturated carbocycles. The molecular weight excluding hydrogens is 346 g/mol. The zero-order chi connectivity index (χ0) is 18.0. The Balaban J connectivity index is 1.99. The zero-order valence-electron chi connectivity index (χ0n) is 13.0. The average Bonchev–Trinajstić information content (AvgIpc) is 3.09. The van der Waals surface area contributed by atoms with E-state index in [2.05, 4.69) is 15.4 Å². The van der Waals surface area contributed by atoms with Gasteiger partial charge in [-0.2, -0.15) is 5.10 Å². The molecule has 0 aliphatic rings. The van der Waals surface area contributed by atoms with Crippen molar-refractivity contribution in [3.05, 3.63) is 75.3 Å². The lowest BCUT2D eigenvalue weighted by Gasteiger charge is -2.12. The highest BCUT2D eigenvalue weighted by Gasteiger charge is 2.19. The molecule has 0 spiro atoms. The van der Waals surface area contributed by atoms with Crippen LogP contribution in [-0.2, 0) is 0 Å². The van der Waals surface area contributed by atoms with E-state index >= 15 is 0 Å². The van der Waals surface area contributed by atoms with E-state index < -0.39 is 10.8 Å². The number of carbonyl (C=O) groups excluding carboxylic acids is 1. The predicted octanol–water partition coefficient (Wildman–Crippen LogP) is 3.39. The fourth-order valence-electron chi connectivity index (χ4n) is 2.40. The van der Waals surface area contributed by atoms with Gasteiger partial charge in [-0.15, -0.1) is 0 Å². The van der Waals surface area contributed by atoms with Gasteiger partial charge < -0.3 is 5.32 Å². The smallest absolute Gasteiger partial charge is 0.273 e. The number of anilines is 1. The molecule has 0 aliphatic heterocycles. The van der Waals surface area contributed by atoms with Gasteiger partial charge in [0.1, 0.15) is 12.7 Å². The molecule has 1 aromatic heterocycles. The van der Waals surface area contributed by atoms with Crippen LogP contribution in [0.1, 0.15) is 15.9 Å². The maximum Gasteiger partial charge on any atom is 0.273 e. The third-order valence-electron chi connectivity index (χ3n) is 3.62. The number of nitro benzene ring substituents is 1. The summed E-state index contributed by atoms with van der Waals surface area (Å²) in [5.74, 6) is -0.482. The number of carbonyl (C=O) groups is 1. The van der Waals surface area contributed by atoms with Gasteiger partial charge in [0.15, 0.2) is 0 Å². The third-order valence-corrected chi connectivity index (χ3v) is 3.85. The molecule has 9 heteroatoms. The Hall–Kier alpha value is -3.26. The van der Waals surface area contributed by atoms with Crippen molar-refractivity contribution in [1.29, 1.82) is 0 Å². The predicted molar refractivity (Wildman–Crippen MR) is 92.2 cm³/mol. The summed E-state index contributed by atoms with van der Waals surface area (Å²) in [5.41, 5.74) is 1.36. The first-order chi connectivity index (χ1) is 12.0. The molecule has 0 unspecified atom stereocenters. The van der Waals surface area contributed by atoms with Crippen molar-refractivity contribution in [1.82, 2.24) is 14.8 Å². The zero-order valence-corrected chi connectivity index (χ0v) is 13.8. The summed E-state index contributed by atoms with van der Waals surface area (Å²) >= 11 is 6.02. The summed E-state index contributed by atoms with van der Waals surface area (Å²) in [6.07, 6.45) is 2.85. The molecule has 2 aromatic carbocycles. The van der Waals surface area contributed by atoms with Crippen molar-refractivity contribution in [3.8, 4) is 5.69 Å². The second kappa shape index (κ2) is 6.70. The van der Waals surface area contributed by atoms with E-state index in [-0.39, 0.29) is 16.8 Å². The van der Waals surface area contributed by atoms with Crippen molar-refractivity contribution in [3.63, 3.8) is 0 Å². The number of hydrogen-bond acceptors (Lipinski definition) is 5. The fraction of sp³-hybridized carbons (Fsp3) is 0.0625. The molecule has 8 nitrogen and oxygen atoms in total. The number of nitrogens with zero attached hydrogens (tertiary/aromatic N) is 4. The van der Waals surface area contributed by atoms with Crippen LogP contribution in [0.2, 0.25) is 5.02 Å². The molecule has 0 saturated heterocycles. The Bertz CT molecular complexity index is 956. The topological polar surface area (TPSA) is 103 Å². The number of halogens is 1. The van der Waals surface area contributed by atoms with Crippen LogP contribution in [-0.4, -0.2) is 25.6 Å². The van der Waals surface area contributed by atoms with E-state index in [0.29, 0.717) is 16.4 Å². The van der Waals surface area contributed by atoms with Gasteiger partial charge in [0.05, 0.1) is 16.3 Å². The molecule has 0 fully saturated rings. The summed E-state index contributed by atoms with van der Waals surface area (Å²) in [7, 11) is 0. The molecule has 1 N–H and O–H groups in total. The molecule has 1 amide bonds. The second-order valence-corrected chi connectivity index (χ2v) is 5.60. The molecule has 126 valence electrons. The monoisotopic (exact) mass is 357 g/mol. The summed E-state index contributed by atoms with van der Waals surface area (Å²) in [6, 6.07) is 9.27. The van der Waals surface area contributed by atoms with Crippen molar-refractivity contribution >= 4 is 28.9 Å². The second-order valence-electron chi connectivity index (χ2n) is 5.16. The van der Waals surface area contributed by atoms with Crippen LogP contribution in [0.4, 0.5) is 11.4 Å².